The highest BCUT2D eigenvalue weighted by molar-refractivity contribution is 7.89. The Balaban J connectivity index is 1.83. The molecule has 2 heterocycles. The zero-order valence-corrected chi connectivity index (χ0v) is 16.1. The van der Waals surface area contributed by atoms with Crippen molar-refractivity contribution in [3.05, 3.63) is 52.8 Å². The maximum Gasteiger partial charge on any atom is 0.240 e. The predicted molar refractivity (Wildman–Crippen MR) is 100 cm³/mol. The molecular formula is C18H24ClN3O2S. The summed E-state index contributed by atoms with van der Waals surface area (Å²) in [6, 6.07) is 9.01. The number of halogens is 1. The summed E-state index contributed by atoms with van der Waals surface area (Å²) in [7, 11) is -1.62. The van der Waals surface area contributed by atoms with Gasteiger partial charge in [0.1, 0.15) is 0 Å². The van der Waals surface area contributed by atoms with Gasteiger partial charge in [0.25, 0.3) is 0 Å². The third-order valence-electron chi connectivity index (χ3n) is 4.81. The Morgan fingerprint density at radius 3 is 2.60 bits per heavy atom. The van der Waals surface area contributed by atoms with E-state index < -0.39 is 10.0 Å². The molecule has 1 N–H and O–H groups in total. The van der Waals surface area contributed by atoms with Crippen molar-refractivity contribution < 1.29 is 8.42 Å². The molecule has 1 aliphatic heterocycles. The monoisotopic (exact) mass is 381 g/mol. The molecule has 1 saturated heterocycles. The zero-order valence-electron chi connectivity index (χ0n) is 14.6. The van der Waals surface area contributed by atoms with Crippen molar-refractivity contribution in [3.8, 4) is 0 Å². The number of nitrogens with zero attached hydrogens (tertiary/aromatic N) is 2. The Morgan fingerprint density at radius 1 is 1.24 bits per heavy atom. The minimum atomic E-state index is -3.61. The van der Waals surface area contributed by atoms with Crippen LogP contribution in [-0.2, 0) is 17.1 Å². The van der Waals surface area contributed by atoms with E-state index >= 15 is 0 Å². The van der Waals surface area contributed by atoms with Crippen LogP contribution in [0.25, 0.3) is 0 Å². The first-order chi connectivity index (χ1) is 11.9. The lowest BCUT2D eigenvalue weighted by Gasteiger charge is -2.28. The number of aryl methyl sites for hydroxylation is 2. The number of benzene rings is 1. The normalized spacial score (nSPS) is 17.1. The number of likely N-dealkylation sites (tertiary alicyclic amines) is 1. The molecule has 1 aromatic heterocycles. The number of sulfonamides is 1. The van der Waals surface area contributed by atoms with Gasteiger partial charge in [0, 0.05) is 30.5 Å². The summed E-state index contributed by atoms with van der Waals surface area (Å²) in [5, 5.41) is 0.421. The van der Waals surface area contributed by atoms with E-state index in [1.54, 1.807) is 19.1 Å². The third-order valence-corrected chi connectivity index (χ3v) is 6.61. The predicted octanol–water partition coefficient (Wildman–Crippen LogP) is 3.10. The summed E-state index contributed by atoms with van der Waals surface area (Å²) in [6.07, 6.45) is 4.30. The lowest BCUT2D eigenvalue weighted by molar-refractivity contribution is 0.238. The Hall–Kier alpha value is -1.34. The molecule has 0 aliphatic carbocycles. The van der Waals surface area contributed by atoms with E-state index in [0.29, 0.717) is 17.1 Å². The van der Waals surface area contributed by atoms with E-state index in [1.165, 1.54) is 6.07 Å². The van der Waals surface area contributed by atoms with Gasteiger partial charge in [-0.3, -0.25) is 4.90 Å². The summed E-state index contributed by atoms with van der Waals surface area (Å²) in [4.78, 5) is 2.59. The number of hydrogen-bond acceptors (Lipinski definition) is 3. The molecule has 0 radical (unpaired) electrons. The van der Waals surface area contributed by atoms with Crippen LogP contribution >= 0.6 is 11.6 Å². The van der Waals surface area contributed by atoms with Gasteiger partial charge in [0.15, 0.2) is 0 Å². The van der Waals surface area contributed by atoms with E-state index in [-0.39, 0.29) is 10.9 Å². The first kappa shape index (κ1) is 18.5. The maximum atomic E-state index is 12.8. The van der Waals surface area contributed by atoms with Crippen LogP contribution < -0.4 is 4.72 Å². The van der Waals surface area contributed by atoms with Crippen molar-refractivity contribution in [2.45, 2.75) is 30.7 Å². The second-order valence-electron chi connectivity index (χ2n) is 6.56. The highest BCUT2D eigenvalue weighted by Crippen LogP contribution is 2.26. The van der Waals surface area contributed by atoms with Crippen LogP contribution in [0.4, 0.5) is 0 Å². The molecule has 136 valence electrons. The third kappa shape index (κ3) is 4.08. The lowest BCUT2D eigenvalue weighted by atomic mass is 10.2. The highest BCUT2D eigenvalue weighted by Gasteiger charge is 2.27. The molecule has 3 rings (SSSR count). The lowest BCUT2D eigenvalue weighted by Crippen LogP contribution is -2.37. The van der Waals surface area contributed by atoms with Gasteiger partial charge in [-0.05, 0) is 62.7 Å². The first-order valence-corrected chi connectivity index (χ1v) is 10.4. The average Bonchev–Trinajstić information content (AvgIpc) is 3.23. The van der Waals surface area contributed by atoms with Crippen molar-refractivity contribution in [1.82, 2.24) is 14.2 Å². The number of hydrogen-bond donors (Lipinski definition) is 1. The molecule has 2 aromatic rings. The van der Waals surface area contributed by atoms with Crippen LogP contribution in [0, 0.1) is 6.92 Å². The van der Waals surface area contributed by atoms with Gasteiger partial charge < -0.3 is 4.57 Å². The van der Waals surface area contributed by atoms with Crippen LogP contribution in [0.1, 0.15) is 30.1 Å². The fourth-order valence-corrected chi connectivity index (χ4v) is 4.97. The number of aromatic nitrogens is 1. The summed E-state index contributed by atoms with van der Waals surface area (Å²) in [5.41, 5.74) is 1.81. The smallest absolute Gasteiger partial charge is 0.240 e. The van der Waals surface area contributed by atoms with E-state index in [4.69, 9.17) is 11.6 Å². The van der Waals surface area contributed by atoms with E-state index in [2.05, 4.69) is 20.3 Å². The fraction of sp³-hybridized carbons (Fsp3) is 0.444. The molecule has 1 aliphatic rings. The van der Waals surface area contributed by atoms with Gasteiger partial charge in [0.2, 0.25) is 10.0 Å². The molecular weight excluding hydrogens is 358 g/mol. The van der Waals surface area contributed by atoms with Crippen molar-refractivity contribution in [2.24, 2.45) is 7.05 Å². The quantitative estimate of drug-likeness (QED) is 0.836. The van der Waals surface area contributed by atoms with Crippen molar-refractivity contribution in [3.63, 3.8) is 0 Å². The zero-order chi connectivity index (χ0) is 18.0. The Bertz CT molecular complexity index is 842. The number of nitrogens with one attached hydrogen (secondary N) is 1. The van der Waals surface area contributed by atoms with Crippen molar-refractivity contribution >= 4 is 21.6 Å². The van der Waals surface area contributed by atoms with Crippen LogP contribution in [0.3, 0.4) is 0 Å². The minimum absolute atomic E-state index is 0.0248. The summed E-state index contributed by atoms with van der Waals surface area (Å²) in [6.45, 7) is 4.10. The van der Waals surface area contributed by atoms with Crippen LogP contribution in [-0.4, -0.2) is 37.5 Å². The van der Waals surface area contributed by atoms with Crippen LogP contribution in [0.5, 0.6) is 0 Å². The average molecular weight is 382 g/mol. The molecule has 1 aromatic carbocycles. The standard InChI is InChI=1S/C18H24ClN3O2S/c1-14-7-8-15(19)12-18(14)25(23,24)20-13-17(22-10-3-4-11-22)16-6-5-9-21(16)2/h5-9,12,17,20H,3-4,10-11,13H2,1-2H3. The Labute approximate surface area is 154 Å². The molecule has 0 amide bonds. The van der Waals surface area contributed by atoms with E-state index in [1.807, 2.05) is 19.3 Å². The van der Waals surface area contributed by atoms with E-state index in [9.17, 15) is 8.42 Å². The van der Waals surface area contributed by atoms with Gasteiger partial charge in [-0.2, -0.15) is 0 Å². The van der Waals surface area contributed by atoms with Gasteiger partial charge in [-0.1, -0.05) is 17.7 Å². The molecule has 1 fully saturated rings. The first-order valence-electron chi connectivity index (χ1n) is 8.49. The van der Waals surface area contributed by atoms with Gasteiger partial charge in [-0.25, -0.2) is 13.1 Å². The Morgan fingerprint density at radius 2 is 1.96 bits per heavy atom. The SMILES string of the molecule is Cc1ccc(Cl)cc1S(=O)(=O)NCC(c1cccn1C)N1CCCC1. The largest absolute Gasteiger partial charge is 0.353 e. The van der Waals surface area contributed by atoms with Gasteiger partial charge >= 0.3 is 0 Å². The molecule has 0 saturated carbocycles. The molecule has 0 bridgehead atoms. The maximum absolute atomic E-state index is 12.8. The molecule has 5 nitrogen and oxygen atoms in total. The topological polar surface area (TPSA) is 54.3 Å². The highest BCUT2D eigenvalue weighted by atomic mass is 35.5. The summed E-state index contributed by atoms with van der Waals surface area (Å²) >= 11 is 5.99. The van der Waals surface area contributed by atoms with Crippen LogP contribution in [0.2, 0.25) is 5.02 Å². The van der Waals surface area contributed by atoms with Gasteiger partial charge in [0.05, 0.1) is 10.9 Å². The molecule has 0 spiro atoms. The Kier molecular flexibility index (Phi) is 5.53. The molecule has 1 atom stereocenters. The second-order valence-corrected chi connectivity index (χ2v) is 8.74. The molecule has 25 heavy (non-hydrogen) atoms. The summed E-state index contributed by atoms with van der Waals surface area (Å²) in [5.74, 6) is 0. The van der Waals surface area contributed by atoms with Crippen molar-refractivity contribution in [2.75, 3.05) is 19.6 Å². The van der Waals surface area contributed by atoms with Gasteiger partial charge in [-0.15, -0.1) is 0 Å². The van der Waals surface area contributed by atoms with E-state index in [0.717, 1.165) is 31.6 Å². The minimum Gasteiger partial charge on any atom is -0.353 e. The fourth-order valence-electron chi connectivity index (χ4n) is 3.42. The molecule has 7 heteroatoms. The molecule has 1 unspecified atom stereocenters. The van der Waals surface area contributed by atoms with Crippen molar-refractivity contribution in [1.29, 1.82) is 0 Å². The van der Waals surface area contributed by atoms with Crippen LogP contribution in [0.15, 0.2) is 41.4 Å². The summed E-state index contributed by atoms with van der Waals surface area (Å²) < 4.78 is 30.4. The second kappa shape index (κ2) is 7.50. The number of rotatable bonds is 6.